The van der Waals surface area contributed by atoms with Crippen molar-refractivity contribution in [1.82, 2.24) is 0 Å². The van der Waals surface area contributed by atoms with Crippen LogP contribution >= 0.6 is 0 Å². The van der Waals surface area contributed by atoms with Gasteiger partial charge in [-0.05, 0) is 19.1 Å². The van der Waals surface area contributed by atoms with E-state index >= 15 is 0 Å². The Kier molecular flexibility index (Phi) is 4.81. The molecule has 0 bridgehead atoms. The maximum atomic E-state index is 13.1. The summed E-state index contributed by atoms with van der Waals surface area (Å²) in [5.41, 5.74) is 0. The Morgan fingerprint density at radius 2 is 1.94 bits per heavy atom. The van der Waals surface area contributed by atoms with Gasteiger partial charge in [0.15, 0.2) is 17.4 Å². The van der Waals surface area contributed by atoms with Crippen LogP contribution in [0.15, 0.2) is 12.1 Å². The van der Waals surface area contributed by atoms with Crippen molar-refractivity contribution in [2.45, 2.75) is 13.3 Å². The van der Waals surface area contributed by atoms with Crippen LogP contribution in [0.2, 0.25) is 0 Å². The van der Waals surface area contributed by atoms with Crippen LogP contribution < -0.4 is 4.74 Å². The number of esters is 1. The molecular weight excluding hydrogens is 237 g/mol. The van der Waals surface area contributed by atoms with E-state index in [1.54, 1.807) is 6.92 Å². The first-order valence-electron chi connectivity index (χ1n) is 4.98. The molecule has 0 N–H and O–H groups in total. The van der Waals surface area contributed by atoms with E-state index in [0.29, 0.717) is 0 Å². The summed E-state index contributed by atoms with van der Waals surface area (Å²) in [5, 5.41) is 0. The topological polar surface area (TPSA) is 35.5 Å². The van der Waals surface area contributed by atoms with E-state index in [1.807, 2.05) is 0 Å². The third-order valence-corrected chi connectivity index (χ3v) is 1.87. The molecule has 3 nitrogen and oxygen atoms in total. The van der Waals surface area contributed by atoms with Gasteiger partial charge in [0.05, 0.1) is 19.6 Å². The lowest BCUT2D eigenvalue weighted by molar-refractivity contribution is -0.143. The normalized spacial score (nSPS) is 10.1. The fourth-order valence-electron chi connectivity index (χ4n) is 1.10. The zero-order chi connectivity index (χ0) is 12.8. The first kappa shape index (κ1) is 13.3. The van der Waals surface area contributed by atoms with Crippen molar-refractivity contribution in [1.29, 1.82) is 0 Å². The molecule has 0 amide bonds. The molecule has 0 unspecified atom stereocenters. The Labute approximate surface area is 96.1 Å². The van der Waals surface area contributed by atoms with E-state index in [-0.39, 0.29) is 19.6 Å². The predicted octanol–water partition coefficient (Wildman–Crippen LogP) is 2.44. The molecule has 0 heterocycles. The summed E-state index contributed by atoms with van der Waals surface area (Å²) in [4.78, 5) is 10.9. The highest BCUT2D eigenvalue weighted by molar-refractivity contribution is 5.69. The molecule has 0 atom stereocenters. The van der Waals surface area contributed by atoms with Crippen LogP contribution in [0.4, 0.5) is 13.2 Å². The second-order valence-corrected chi connectivity index (χ2v) is 3.08. The van der Waals surface area contributed by atoms with Crippen molar-refractivity contribution in [3.05, 3.63) is 29.6 Å². The molecule has 1 aromatic rings. The fraction of sp³-hybridized carbons (Fsp3) is 0.364. The molecule has 0 saturated heterocycles. The third-order valence-electron chi connectivity index (χ3n) is 1.87. The van der Waals surface area contributed by atoms with Crippen molar-refractivity contribution in [2.24, 2.45) is 0 Å². The van der Waals surface area contributed by atoms with Gasteiger partial charge in [-0.25, -0.2) is 8.78 Å². The van der Waals surface area contributed by atoms with Gasteiger partial charge in [-0.1, -0.05) is 0 Å². The van der Waals surface area contributed by atoms with E-state index < -0.39 is 29.2 Å². The van der Waals surface area contributed by atoms with Crippen LogP contribution in [0.25, 0.3) is 0 Å². The average molecular weight is 248 g/mol. The maximum absolute atomic E-state index is 13.1. The first-order chi connectivity index (χ1) is 8.06. The highest BCUT2D eigenvalue weighted by Gasteiger charge is 2.14. The fourth-order valence-corrected chi connectivity index (χ4v) is 1.10. The van der Waals surface area contributed by atoms with Gasteiger partial charge >= 0.3 is 5.97 Å². The van der Waals surface area contributed by atoms with Gasteiger partial charge in [0.1, 0.15) is 0 Å². The summed E-state index contributed by atoms with van der Waals surface area (Å²) in [7, 11) is 0. The molecular formula is C11H11F3O3. The number of carbonyl (C=O) groups is 1. The number of rotatable bonds is 5. The minimum absolute atomic E-state index is 0.0910. The van der Waals surface area contributed by atoms with Gasteiger partial charge in [0, 0.05) is 0 Å². The Morgan fingerprint density at radius 3 is 2.59 bits per heavy atom. The highest BCUT2D eigenvalue weighted by Crippen LogP contribution is 2.21. The van der Waals surface area contributed by atoms with Gasteiger partial charge in [-0.15, -0.1) is 0 Å². The molecule has 0 aliphatic rings. The predicted molar refractivity (Wildman–Crippen MR) is 53.1 cm³/mol. The SMILES string of the molecule is CCOC(=O)CCOc1ccc(F)c(F)c1F. The van der Waals surface area contributed by atoms with Crippen molar-refractivity contribution in [3.8, 4) is 5.75 Å². The smallest absolute Gasteiger partial charge is 0.309 e. The Morgan fingerprint density at radius 1 is 1.24 bits per heavy atom. The van der Waals surface area contributed by atoms with Crippen LogP contribution in [-0.4, -0.2) is 19.2 Å². The lowest BCUT2D eigenvalue weighted by Crippen LogP contribution is -2.10. The number of halogens is 3. The monoisotopic (exact) mass is 248 g/mol. The van der Waals surface area contributed by atoms with Gasteiger partial charge < -0.3 is 9.47 Å². The van der Waals surface area contributed by atoms with Gasteiger partial charge in [0.2, 0.25) is 5.82 Å². The molecule has 1 rings (SSSR count). The molecule has 6 heteroatoms. The maximum Gasteiger partial charge on any atom is 0.309 e. The summed E-state index contributed by atoms with van der Waals surface area (Å²) in [6.07, 6.45) is -0.0910. The Balaban J connectivity index is 2.53. The van der Waals surface area contributed by atoms with Gasteiger partial charge in [0.25, 0.3) is 0 Å². The molecule has 0 aromatic heterocycles. The molecule has 0 fully saturated rings. The Hall–Kier alpha value is -1.72. The van der Waals surface area contributed by atoms with Crippen LogP contribution in [0.3, 0.4) is 0 Å². The van der Waals surface area contributed by atoms with Crippen molar-refractivity contribution in [2.75, 3.05) is 13.2 Å². The van der Waals surface area contributed by atoms with Crippen LogP contribution in [0, 0.1) is 17.5 Å². The minimum atomic E-state index is -1.60. The molecule has 1 aromatic carbocycles. The summed E-state index contributed by atoms with van der Waals surface area (Å²) < 4.78 is 47.8. The molecule has 0 spiro atoms. The lowest BCUT2D eigenvalue weighted by Gasteiger charge is -2.07. The number of ether oxygens (including phenoxy) is 2. The second kappa shape index (κ2) is 6.12. The number of hydrogen-bond donors (Lipinski definition) is 0. The van der Waals surface area contributed by atoms with E-state index in [4.69, 9.17) is 4.74 Å². The van der Waals surface area contributed by atoms with E-state index in [2.05, 4.69) is 4.74 Å². The number of hydrogen-bond acceptors (Lipinski definition) is 3. The van der Waals surface area contributed by atoms with Crippen LogP contribution in [0.1, 0.15) is 13.3 Å². The average Bonchev–Trinajstić information content (AvgIpc) is 2.29. The zero-order valence-electron chi connectivity index (χ0n) is 9.13. The van der Waals surface area contributed by atoms with Crippen LogP contribution in [-0.2, 0) is 9.53 Å². The second-order valence-electron chi connectivity index (χ2n) is 3.08. The molecule has 0 aliphatic heterocycles. The van der Waals surface area contributed by atoms with Crippen LogP contribution in [0.5, 0.6) is 5.75 Å². The van der Waals surface area contributed by atoms with E-state index in [0.717, 1.165) is 12.1 Å². The summed E-state index contributed by atoms with van der Waals surface area (Å²) in [5.74, 6) is -5.24. The van der Waals surface area contributed by atoms with Gasteiger partial charge in [-0.3, -0.25) is 4.79 Å². The summed E-state index contributed by atoms with van der Waals surface area (Å²) in [6, 6.07) is 1.71. The zero-order valence-corrected chi connectivity index (χ0v) is 9.13. The quantitative estimate of drug-likeness (QED) is 0.593. The largest absolute Gasteiger partial charge is 0.490 e. The highest BCUT2D eigenvalue weighted by atomic mass is 19.2. The molecule has 0 aliphatic carbocycles. The summed E-state index contributed by atoms with van der Waals surface area (Å²) >= 11 is 0. The lowest BCUT2D eigenvalue weighted by atomic mass is 10.3. The first-order valence-corrected chi connectivity index (χ1v) is 4.98. The standard InChI is InChI=1S/C11H11F3O3/c1-2-16-9(15)5-6-17-8-4-3-7(12)10(13)11(8)14/h3-4H,2,5-6H2,1H3. The third kappa shape index (κ3) is 3.65. The van der Waals surface area contributed by atoms with Gasteiger partial charge in [-0.2, -0.15) is 4.39 Å². The minimum Gasteiger partial charge on any atom is -0.490 e. The van der Waals surface area contributed by atoms with Crippen molar-refractivity contribution >= 4 is 5.97 Å². The van der Waals surface area contributed by atoms with E-state index in [1.165, 1.54) is 0 Å². The molecule has 17 heavy (non-hydrogen) atoms. The van der Waals surface area contributed by atoms with Crippen molar-refractivity contribution < 1.29 is 27.4 Å². The molecule has 0 saturated carbocycles. The number of carbonyl (C=O) groups excluding carboxylic acids is 1. The molecule has 94 valence electrons. The summed E-state index contributed by atoms with van der Waals surface area (Å²) in [6.45, 7) is 1.72. The van der Waals surface area contributed by atoms with E-state index in [9.17, 15) is 18.0 Å². The Bertz CT molecular complexity index is 407. The van der Waals surface area contributed by atoms with Crippen molar-refractivity contribution in [3.63, 3.8) is 0 Å². The molecule has 0 radical (unpaired) electrons. The number of benzene rings is 1.